The second-order valence-electron chi connectivity index (χ2n) is 3.07. The molecule has 0 N–H and O–H groups in total. The second kappa shape index (κ2) is 3.29. The molecule has 0 atom stereocenters. The van der Waals surface area contributed by atoms with Crippen LogP contribution in [-0.4, -0.2) is 13.5 Å². The highest BCUT2D eigenvalue weighted by molar-refractivity contribution is 8.00. The maximum atomic E-state index is 5.76. The van der Waals surface area contributed by atoms with Gasteiger partial charge < -0.3 is 0 Å². The van der Waals surface area contributed by atoms with Crippen molar-refractivity contribution in [2.24, 2.45) is 0 Å². The number of halogens is 1. The Hall–Kier alpha value is 0.200. The minimum Gasteiger partial charge on any atom is -0.165 e. The Balaban J connectivity index is 2.72. The van der Waals surface area contributed by atoms with Gasteiger partial charge in [-0.05, 0) is 0 Å². The number of hydrogen-bond acceptors (Lipinski definition) is 4. The average molecular weight is 209 g/mol. The summed E-state index contributed by atoms with van der Waals surface area (Å²) >= 11 is 8.55. The zero-order chi connectivity index (χ0) is 8.48. The highest BCUT2D eigenvalue weighted by atomic mass is 35.5. The molecule has 0 aliphatic rings. The van der Waals surface area contributed by atoms with Crippen LogP contribution in [0, 0.1) is 0 Å². The fraction of sp³-hybridized carbons (Fsp3) is 0.667. The quantitative estimate of drug-likeness (QED) is 0.664. The molecule has 0 amide bonds. The molecule has 1 heterocycles. The lowest BCUT2D eigenvalue weighted by molar-refractivity contribution is 0.801. The molecule has 0 radical (unpaired) electrons. The first-order chi connectivity index (χ1) is 4.99. The molecular weight excluding hydrogens is 200 g/mol. The van der Waals surface area contributed by atoms with Crippen molar-refractivity contribution in [2.45, 2.75) is 30.5 Å². The molecule has 0 spiro atoms. The van der Waals surface area contributed by atoms with E-state index in [0.29, 0.717) is 5.15 Å². The molecule has 62 valence electrons. The van der Waals surface area contributed by atoms with E-state index in [0.717, 1.165) is 16.8 Å². The molecule has 11 heavy (non-hydrogen) atoms. The van der Waals surface area contributed by atoms with E-state index in [9.17, 15) is 0 Å². The first-order valence-electron chi connectivity index (χ1n) is 3.16. The van der Waals surface area contributed by atoms with Gasteiger partial charge in [0.25, 0.3) is 0 Å². The summed E-state index contributed by atoms with van der Waals surface area (Å²) in [6.07, 6.45) is 0. The summed E-state index contributed by atoms with van der Waals surface area (Å²) in [5.41, 5.74) is 0. The molecule has 5 heteroatoms. The van der Waals surface area contributed by atoms with Crippen LogP contribution in [0.2, 0.25) is 5.15 Å². The third-order valence-electron chi connectivity index (χ3n) is 0.824. The summed E-state index contributed by atoms with van der Waals surface area (Å²) in [6, 6.07) is 0. The van der Waals surface area contributed by atoms with Crippen molar-refractivity contribution < 1.29 is 0 Å². The van der Waals surface area contributed by atoms with E-state index in [2.05, 4.69) is 29.5 Å². The standard InChI is InChI=1S/C6H9ClN2S2/c1-6(2,3)10-5-4(7)8-11-9-5/h1-3H3. The molecule has 1 aromatic heterocycles. The van der Waals surface area contributed by atoms with Crippen molar-refractivity contribution in [1.82, 2.24) is 8.75 Å². The first kappa shape index (κ1) is 9.29. The smallest absolute Gasteiger partial charge is 0.165 e. The zero-order valence-electron chi connectivity index (χ0n) is 6.59. The first-order valence-corrected chi connectivity index (χ1v) is 5.08. The van der Waals surface area contributed by atoms with Gasteiger partial charge >= 0.3 is 0 Å². The number of rotatable bonds is 1. The van der Waals surface area contributed by atoms with Gasteiger partial charge in [0.2, 0.25) is 0 Å². The van der Waals surface area contributed by atoms with E-state index in [1.54, 1.807) is 11.8 Å². The summed E-state index contributed by atoms with van der Waals surface area (Å²) < 4.78 is 8.09. The molecule has 0 aromatic carbocycles. The van der Waals surface area contributed by atoms with Crippen molar-refractivity contribution in [2.75, 3.05) is 0 Å². The topological polar surface area (TPSA) is 25.8 Å². The Morgan fingerprint density at radius 2 is 2.00 bits per heavy atom. The predicted molar refractivity (Wildman–Crippen MR) is 50.5 cm³/mol. The summed E-state index contributed by atoms with van der Waals surface area (Å²) in [4.78, 5) is 0. The van der Waals surface area contributed by atoms with Crippen LogP contribution in [0.4, 0.5) is 0 Å². The zero-order valence-corrected chi connectivity index (χ0v) is 8.98. The minimum atomic E-state index is 0.152. The van der Waals surface area contributed by atoms with Crippen molar-refractivity contribution in [1.29, 1.82) is 0 Å². The van der Waals surface area contributed by atoms with Crippen molar-refractivity contribution in [3.05, 3.63) is 5.15 Å². The minimum absolute atomic E-state index is 0.152. The maximum Gasteiger partial charge on any atom is 0.176 e. The second-order valence-corrected chi connectivity index (χ2v) is 5.78. The molecule has 1 aromatic rings. The predicted octanol–water partition coefficient (Wildman–Crippen LogP) is 3.08. The molecule has 1 rings (SSSR count). The van der Waals surface area contributed by atoms with Crippen LogP contribution in [0.15, 0.2) is 5.03 Å². The van der Waals surface area contributed by atoms with Crippen molar-refractivity contribution in [3.63, 3.8) is 0 Å². The number of thioether (sulfide) groups is 1. The molecule has 0 saturated carbocycles. The van der Waals surface area contributed by atoms with Gasteiger partial charge in [0.1, 0.15) is 5.03 Å². The summed E-state index contributed by atoms with van der Waals surface area (Å²) in [5, 5.41) is 1.36. The van der Waals surface area contributed by atoms with E-state index < -0.39 is 0 Å². The van der Waals surface area contributed by atoms with Crippen molar-refractivity contribution in [3.8, 4) is 0 Å². The van der Waals surface area contributed by atoms with Gasteiger partial charge in [-0.15, -0.1) is 0 Å². The highest BCUT2D eigenvalue weighted by Gasteiger charge is 2.16. The van der Waals surface area contributed by atoms with Crippen LogP contribution >= 0.6 is 35.1 Å². The van der Waals surface area contributed by atoms with E-state index in [1.165, 1.54) is 0 Å². The third-order valence-corrected chi connectivity index (χ3v) is 3.03. The Labute approximate surface area is 79.7 Å². The molecular formula is C6H9ClN2S2. The molecule has 2 nitrogen and oxygen atoms in total. The summed E-state index contributed by atoms with van der Waals surface area (Å²) in [6.45, 7) is 6.36. The normalized spacial score (nSPS) is 12.0. The van der Waals surface area contributed by atoms with Gasteiger partial charge in [-0.3, -0.25) is 0 Å². The lowest BCUT2D eigenvalue weighted by Crippen LogP contribution is -2.06. The largest absolute Gasteiger partial charge is 0.176 e. The molecule has 0 aliphatic carbocycles. The molecule has 0 aliphatic heterocycles. The van der Waals surface area contributed by atoms with Crippen molar-refractivity contribution >= 4 is 35.1 Å². The summed E-state index contributed by atoms with van der Waals surface area (Å²) in [7, 11) is 0. The molecule has 0 unspecified atom stereocenters. The Bertz CT molecular complexity index is 241. The van der Waals surface area contributed by atoms with Crippen LogP contribution in [0.3, 0.4) is 0 Å². The van der Waals surface area contributed by atoms with Gasteiger partial charge in [0, 0.05) is 4.75 Å². The molecule has 0 saturated heterocycles. The monoisotopic (exact) mass is 208 g/mol. The Morgan fingerprint density at radius 3 is 2.36 bits per heavy atom. The number of nitrogens with zero attached hydrogens (tertiary/aromatic N) is 2. The highest BCUT2D eigenvalue weighted by Crippen LogP contribution is 2.34. The lowest BCUT2D eigenvalue weighted by Gasteiger charge is -2.14. The van der Waals surface area contributed by atoms with Gasteiger partial charge in [0.15, 0.2) is 5.15 Å². The van der Waals surface area contributed by atoms with E-state index >= 15 is 0 Å². The fourth-order valence-electron chi connectivity index (χ4n) is 0.521. The lowest BCUT2D eigenvalue weighted by atomic mass is 10.3. The van der Waals surface area contributed by atoms with Gasteiger partial charge in [-0.1, -0.05) is 44.1 Å². The third kappa shape index (κ3) is 2.97. The summed E-state index contributed by atoms with van der Waals surface area (Å²) in [5.74, 6) is 0. The van der Waals surface area contributed by atoms with E-state index in [1.807, 2.05) is 0 Å². The number of aromatic nitrogens is 2. The molecule has 0 fully saturated rings. The van der Waals surface area contributed by atoms with E-state index in [4.69, 9.17) is 11.6 Å². The van der Waals surface area contributed by atoms with Crippen LogP contribution in [0.25, 0.3) is 0 Å². The van der Waals surface area contributed by atoms with Crippen LogP contribution in [-0.2, 0) is 0 Å². The average Bonchev–Trinajstić information content (AvgIpc) is 2.12. The van der Waals surface area contributed by atoms with Gasteiger partial charge in [-0.2, -0.15) is 8.75 Å². The van der Waals surface area contributed by atoms with E-state index in [-0.39, 0.29) is 4.75 Å². The fourth-order valence-corrected chi connectivity index (χ4v) is 2.20. The SMILES string of the molecule is CC(C)(C)Sc1nsnc1Cl. The molecule has 0 bridgehead atoms. The Kier molecular flexibility index (Phi) is 2.78. The maximum absolute atomic E-state index is 5.76. The van der Waals surface area contributed by atoms with Crippen LogP contribution < -0.4 is 0 Å². The van der Waals surface area contributed by atoms with Gasteiger partial charge in [0.05, 0.1) is 11.7 Å². The van der Waals surface area contributed by atoms with Crippen LogP contribution in [0.1, 0.15) is 20.8 Å². The van der Waals surface area contributed by atoms with Crippen LogP contribution in [0.5, 0.6) is 0 Å². The Morgan fingerprint density at radius 1 is 1.36 bits per heavy atom. The van der Waals surface area contributed by atoms with Gasteiger partial charge in [-0.25, -0.2) is 0 Å². The number of hydrogen-bond donors (Lipinski definition) is 0.